The number of carboxylic acids is 1. The summed E-state index contributed by atoms with van der Waals surface area (Å²) < 4.78 is 0. The van der Waals surface area contributed by atoms with Gasteiger partial charge in [-0.3, -0.25) is 10.1 Å². The molecule has 76 valence electrons. The summed E-state index contributed by atoms with van der Waals surface area (Å²) in [5.41, 5.74) is 0. The van der Waals surface area contributed by atoms with Gasteiger partial charge in [0.1, 0.15) is 6.04 Å². The summed E-state index contributed by atoms with van der Waals surface area (Å²) in [6.45, 7) is 0. The van der Waals surface area contributed by atoms with E-state index in [9.17, 15) is 4.79 Å². The van der Waals surface area contributed by atoms with E-state index in [0.29, 0.717) is 11.1 Å². The molecule has 1 aliphatic heterocycles. The highest BCUT2D eigenvalue weighted by Crippen LogP contribution is 2.22. The van der Waals surface area contributed by atoms with E-state index < -0.39 is 5.97 Å². The Morgan fingerprint density at radius 2 is 2.54 bits per heavy atom. The first kappa shape index (κ1) is 11.2. The minimum atomic E-state index is -0.722. The summed E-state index contributed by atoms with van der Waals surface area (Å²) in [6, 6.07) is -0.329. The molecule has 0 spiro atoms. The van der Waals surface area contributed by atoms with E-state index in [-0.39, 0.29) is 6.04 Å². The third-order valence-corrected chi connectivity index (χ3v) is 3.96. The quantitative estimate of drug-likeness (QED) is 0.684. The Kier molecular flexibility index (Phi) is 4.98. The molecule has 1 rings (SSSR count). The van der Waals surface area contributed by atoms with Crippen LogP contribution < -0.4 is 5.32 Å². The molecule has 3 nitrogen and oxygen atoms in total. The fourth-order valence-electron chi connectivity index (χ4n) is 1.26. The third-order valence-electron chi connectivity index (χ3n) is 1.96. The van der Waals surface area contributed by atoms with E-state index in [0.717, 1.165) is 18.6 Å². The van der Waals surface area contributed by atoms with Crippen LogP contribution in [0.1, 0.15) is 12.8 Å². The van der Waals surface area contributed by atoms with E-state index in [1.165, 1.54) is 0 Å². The molecular formula is C8H15NO2S2. The minimum Gasteiger partial charge on any atom is -0.480 e. The first-order valence-corrected chi connectivity index (χ1v) is 6.77. The third kappa shape index (κ3) is 3.79. The molecule has 0 aliphatic carbocycles. The maximum atomic E-state index is 10.6. The molecule has 1 unspecified atom stereocenters. The summed E-state index contributed by atoms with van der Waals surface area (Å²) in [6.07, 6.45) is 4.34. The van der Waals surface area contributed by atoms with Crippen molar-refractivity contribution in [1.82, 2.24) is 5.32 Å². The van der Waals surface area contributed by atoms with Crippen molar-refractivity contribution in [3.05, 3.63) is 0 Å². The monoisotopic (exact) mass is 221 g/mol. The topological polar surface area (TPSA) is 49.3 Å². The average Bonchev–Trinajstić information content (AvgIpc) is 2.53. The fourth-order valence-corrected chi connectivity index (χ4v) is 2.97. The lowest BCUT2D eigenvalue weighted by Gasteiger charge is -2.09. The molecule has 1 fully saturated rings. The van der Waals surface area contributed by atoms with Gasteiger partial charge in [-0.15, -0.1) is 11.8 Å². The number of carboxylic acid groups (broad SMARTS) is 1. The van der Waals surface area contributed by atoms with E-state index >= 15 is 0 Å². The summed E-state index contributed by atoms with van der Waals surface area (Å²) in [7, 11) is 0. The van der Waals surface area contributed by atoms with Crippen molar-refractivity contribution in [1.29, 1.82) is 0 Å². The van der Waals surface area contributed by atoms with Gasteiger partial charge in [-0.2, -0.15) is 11.8 Å². The Morgan fingerprint density at radius 1 is 1.77 bits per heavy atom. The number of rotatable bonds is 5. The van der Waals surface area contributed by atoms with Gasteiger partial charge in [0, 0.05) is 5.75 Å². The zero-order valence-electron chi connectivity index (χ0n) is 7.66. The van der Waals surface area contributed by atoms with Gasteiger partial charge in [-0.05, 0) is 24.9 Å². The molecule has 13 heavy (non-hydrogen) atoms. The molecule has 0 amide bonds. The molecule has 0 aromatic heterocycles. The Bertz CT molecular complexity index is 178. The van der Waals surface area contributed by atoms with Crippen LogP contribution in [0.25, 0.3) is 0 Å². The van der Waals surface area contributed by atoms with Crippen molar-refractivity contribution in [2.45, 2.75) is 24.3 Å². The SMILES string of the molecule is CSCCCC1N[C@@H](C(=O)O)CS1. The second kappa shape index (κ2) is 5.78. The van der Waals surface area contributed by atoms with Crippen LogP contribution >= 0.6 is 23.5 Å². The molecular weight excluding hydrogens is 206 g/mol. The van der Waals surface area contributed by atoms with E-state index in [1.807, 2.05) is 11.8 Å². The zero-order chi connectivity index (χ0) is 9.68. The normalized spacial score (nSPS) is 27.8. The van der Waals surface area contributed by atoms with Crippen LogP contribution in [-0.2, 0) is 4.79 Å². The summed E-state index contributed by atoms with van der Waals surface area (Å²) in [5.74, 6) is 1.15. The first-order valence-electron chi connectivity index (χ1n) is 4.33. The number of hydrogen-bond donors (Lipinski definition) is 2. The van der Waals surface area contributed by atoms with Gasteiger partial charge in [0.2, 0.25) is 0 Å². The number of nitrogens with one attached hydrogen (secondary N) is 1. The molecule has 0 radical (unpaired) electrons. The standard InChI is InChI=1S/C8H15NO2S2/c1-12-4-2-3-7-9-6(5-13-7)8(10)11/h6-7,9H,2-5H2,1H3,(H,10,11)/t6-,7?/m1/s1. The minimum absolute atomic E-state index is 0.329. The van der Waals surface area contributed by atoms with E-state index in [1.54, 1.807) is 11.8 Å². The predicted molar refractivity (Wildman–Crippen MR) is 58.4 cm³/mol. The Hall–Kier alpha value is 0.130. The van der Waals surface area contributed by atoms with Crippen LogP contribution in [-0.4, -0.2) is 40.3 Å². The maximum absolute atomic E-state index is 10.6. The number of carbonyl (C=O) groups is 1. The first-order chi connectivity index (χ1) is 6.24. The van der Waals surface area contributed by atoms with Crippen LogP contribution in [0, 0.1) is 0 Å². The molecule has 0 aromatic rings. The highest BCUT2D eigenvalue weighted by molar-refractivity contribution is 8.00. The second-order valence-corrected chi connectivity index (χ2v) is 5.24. The Morgan fingerprint density at radius 3 is 3.08 bits per heavy atom. The average molecular weight is 221 g/mol. The summed E-state index contributed by atoms with van der Waals surface area (Å²) in [5, 5.41) is 12.2. The van der Waals surface area contributed by atoms with Crippen LogP contribution in [0.3, 0.4) is 0 Å². The lowest BCUT2D eigenvalue weighted by Crippen LogP contribution is -2.36. The van der Waals surface area contributed by atoms with Crippen molar-refractivity contribution in [3.63, 3.8) is 0 Å². The smallest absolute Gasteiger partial charge is 0.321 e. The van der Waals surface area contributed by atoms with Crippen LogP contribution in [0.5, 0.6) is 0 Å². The molecule has 0 saturated carbocycles. The van der Waals surface area contributed by atoms with E-state index in [4.69, 9.17) is 5.11 Å². The van der Waals surface area contributed by atoms with Crippen molar-refractivity contribution in [2.24, 2.45) is 0 Å². The van der Waals surface area contributed by atoms with Crippen LogP contribution in [0.15, 0.2) is 0 Å². The van der Waals surface area contributed by atoms with Gasteiger partial charge in [-0.1, -0.05) is 0 Å². The summed E-state index contributed by atoms with van der Waals surface area (Å²) in [4.78, 5) is 10.6. The number of thioether (sulfide) groups is 2. The van der Waals surface area contributed by atoms with Gasteiger partial charge in [-0.25, -0.2) is 0 Å². The molecule has 2 atom stereocenters. The van der Waals surface area contributed by atoms with Crippen molar-refractivity contribution < 1.29 is 9.90 Å². The van der Waals surface area contributed by atoms with Crippen LogP contribution in [0.2, 0.25) is 0 Å². The highest BCUT2D eigenvalue weighted by Gasteiger charge is 2.28. The molecule has 1 heterocycles. The second-order valence-electron chi connectivity index (χ2n) is 3.01. The van der Waals surface area contributed by atoms with Crippen molar-refractivity contribution >= 4 is 29.5 Å². The molecule has 2 N–H and O–H groups in total. The van der Waals surface area contributed by atoms with Crippen molar-refractivity contribution in [3.8, 4) is 0 Å². The van der Waals surface area contributed by atoms with Gasteiger partial charge in [0.05, 0.1) is 5.37 Å². The van der Waals surface area contributed by atoms with Gasteiger partial charge in [0.15, 0.2) is 0 Å². The lowest BCUT2D eigenvalue weighted by atomic mass is 10.3. The Labute approximate surface area is 87.0 Å². The van der Waals surface area contributed by atoms with E-state index in [2.05, 4.69) is 11.6 Å². The predicted octanol–water partition coefficient (Wildman–Crippen LogP) is 1.25. The van der Waals surface area contributed by atoms with Crippen molar-refractivity contribution in [2.75, 3.05) is 17.8 Å². The fraction of sp³-hybridized carbons (Fsp3) is 0.875. The molecule has 0 aromatic carbocycles. The molecule has 1 saturated heterocycles. The lowest BCUT2D eigenvalue weighted by molar-refractivity contribution is -0.138. The molecule has 5 heteroatoms. The zero-order valence-corrected chi connectivity index (χ0v) is 9.29. The highest BCUT2D eigenvalue weighted by atomic mass is 32.2. The molecule has 0 bridgehead atoms. The number of aliphatic carboxylic acids is 1. The van der Waals surface area contributed by atoms with Crippen LogP contribution in [0.4, 0.5) is 0 Å². The van der Waals surface area contributed by atoms with Gasteiger partial charge < -0.3 is 5.11 Å². The van der Waals surface area contributed by atoms with Gasteiger partial charge >= 0.3 is 5.97 Å². The molecule has 1 aliphatic rings. The van der Waals surface area contributed by atoms with Gasteiger partial charge in [0.25, 0.3) is 0 Å². The largest absolute Gasteiger partial charge is 0.480 e. The summed E-state index contributed by atoms with van der Waals surface area (Å²) >= 11 is 3.57. The number of hydrogen-bond acceptors (Lipinski definition) is 4. The maximum Gasteiger partial charge on any atom is 0.321 e. The Balaban J connectivity index is 2.14.